The first-order chi connectivity index (χ1) is 29.5. The fraction of sp³-hybridized carbons (Fsp3) is 0.889. The SMILES string of the molecule is CCCCCCCC/C=C\C/C=C/CCC(=O)OC(CCCCCCCCCCCCCCCCCC)CC(=O)NC(CO)C(O)CCCCCCCCCCCCCC. The second kappa shape index (κ2) is 48.4. The number of hydrogen-bond donors (Lipinski definition) is 3. The van der Waals surface area contributed by atoms with Gasteiger partial charge in [-0.2, -0.15) is 0 Å². The average Bonchev–Trinajstić information content (AvgIpc) is 3.24. The molecule has 0 fully saturated rings. The van der Waals surface area contributed by atoms with Crippen LogP contribution in [0.25, 0.3) is 0 Å². The zero-order valence-corrected chi connectivity index (χ0v) is 40.4. The van der Waals surface area contributed by atoms with Gasteiger partial charge in [-0.3, -0.25) is 9.59 Å². The summed E-state index contributed by atoms with van der Waals surface area (Å²) in [4.78, 5) is 26.1. The molecule has 1 amide bonds. The largest absolute Gasteiger partial charge is 0.462 e. The Morgan fingerprint density at radius 1 is 0.483 bits per heavy atom. The Balaban J connectivity index is 4.60. The van der Waals surface area contributed by atoms with Crippen molar-refractivity contribution in [3.05, 3.63) is 24.3 Å². The molecule has 0 heterocycles. The molecule has 6 heteroatoms. The third-order valence-corrected chi connectivity index (χ3v) is 12.3. The number of unbranched alkanes of at least 4 members (excludes halogenated alkanes) is 32. The number of carbonyl (C=O) groups excluding carboxylic acids is 2. The second-order valence-electron chi connectivity index (χ2n) is 18.3. The molecule has 60 heavy (non-hydrogen) atoms. The van der Waals surface area contributed by atoms with E-state index in [-0.39, 0.29) is 24.9 Å². The van der Waals surface area contributed by atoms with Gasteiger partial charge in [0, 0.05) is 6.42 Å². The van der Waals surface area contributed by atoms with Crippen LogP contribution in [0, 0.1) is 0 Å². The van der Waals surface area contributed by atoms with Gasteiger partial charge in [0.15, 0.2) is 0 Å². The van der Waals surface area contributed by atoms with Crippen molar-refractivity contribution >= 4 is 11.9 Å². The number of allylic oxidation sites excluding steroid dienone is 4. The predicted molar refractivity (Wildman–Crippen MR) is 260 cm³/mol. The minimum atomic E-state index is -0.791. The zero-order valence-electron chi connectivity index (χ0n) is 40.4. The quantitative estimate of drug-likeness (QED) is 0.0322. The highest BCUT2D eigenvalue weighted by Gasteiger charge is 2.24. The number of esters is 1. The number of rotatable bonds is 48. The van der Waals surface area contributed by atoms with Gasteiger partial charge < -0.3 is 20.3 Å². The van der Waals surface area contributed by atoms with E-state index in [2.05, 4.69) is 50.4 Å². The molecular formula is C54H103NO5. The lowest BCUT2D eigenvalue weighted by atomic mass is 10.0. The van der Waals surface area contributed by atoms with E-state index in [1.165, 1.54) is 186 Å². The molecule has 3 unspecified atom stereocenters. The van der Waals surface area contributed by atoms with Gasteiger partial charge >= 0.3 is 5.97 Å². The lowest BCUT2D eigenvalue weighted by Gasteiger charge is -2.24. The van der Waals surface area contributed by atoms with Crippen LogP contribution in [0.3, 0.4) is 0 Å². The normalized spacial score (nSPS) is 13.3. The number of ether oxygens (including phenoxy) is 1. The lowest BCUT2D eigenvalue weighted by molar-refractivity contribution is -0.150. The van der Waals surface area contributed by atoms with Gasteiger partial charge in [-0.15, -0.1) is 0 Å². The van der Waals surface area contributed by atoms with Crippen molar-refractivity contribution in [2.75, 3.05) is 6.61 Å². The Bertz CT molecular complexity index is 950. The molecule has 354 valence electrons. The topological polar surface area (TPSA) is 95.9 Å². The van der Waals surface area contributed by atoms with Crippen LogP contribution in [0.2, 0.25) is 0 Å². The Hall–Kier alpha value is -1.66. The summed E-state index contributed by atoms with van der Waals surface area (Å²) in [6.45, 7) is 6.48. The Kier molecular flexibility index (Phi) is 47.0. The van der Waals surface area contributed by atoms with Gasteiger partial charge in [0.1, 0.15) is 6.10 Å². The molecule has 0 aliphatic rings. The molecule has 0 aromatic carbocycles. The molecule has 3 atom stereocenters. The Morgan fingerprint density at radius 2 is 0.850 bits per heavy atom. The average molecular weight is 846 g/mol. The molecule has 0 aliphatic heterocycles. The Labute approximate surface area is 373 Å². The van der Waals surface area contributed by atoms with Gasteiger partial charge in [0.05, 0.1) is 25.2 Å². The van der Waals surface area contributed by atoms with Crippen molar-refractivity contribution in [2.45, 2.75) is 302 Å². The van der Waals surface area contributed by atoms with E-state index in [1.807, 2.05) is 0 Å². The van der Waals surface area contributed by atoms with E-state index in [0.717, 1.165) is 44.9 Å². The van der Waals surface area contributed by atoms with Gasteiger partial charge in [-0.25, -0.2) is 0 Å². The number of aliphatic hydroxyl groups excluding tert-OH is 2. The lowest BCUT2D eigenvalue weighted by Crippen LogP contribution is -2.46. The highest BCUT2D eigenvalue weighted by Crippen LogP contribution is 2.18. The van der Waals surface area contributed by atoms with Crippen LogP contribution in [0.1, 0.15) is 284 Å². The fourth-order valence-corrected chi connectivity index (χ4v) is 8.25. The molecule has 6 nitrogen and oxygen atoms in total. The summed E-state index contributed by atoms with van der Waals surface area (Å²) in [5.41, 5.74) is 0. The van der Waals surface area contributed by atoms with Crippen LogP contribution < -0.4 is 5.32 Å². The summed E-state index contributed by atoms with van der Waals surface area (Å²) in [5, 5.41) is 23.8. The third-order valence-electron chi connectivity index (χ3n) is 12.3. The van der Waals surface area contributed by atoms with E-state index in [0.29, 0.717) is 25.7 Å². The van der Waals surface area contributed by atoms with Crippen LogP contribution in [-0.2, 0) is 14.3 Å². The highest BCUT2D eigenvalue weighted by molar-refractivity contribution is 5.77. The summed E-state index contributed by atoms with van der Waals surface area (Å²) in [6.07, 6.45) is 55.3. The second-order valence-corrected chi connectivity index (χ2v) is 18.3. The van der Waals surface area contributed by atoms with Gasteiger partial charge in [-0.05, 0) is 44.9 Å². The monoisotopic (exact) mass is 846 g/mol. The van der Waals surface area contributed by atoms with Gasteiger partial charge in [-0.1, -0.05) is 251 Å². The van der Waals surface area contributed by atoms with Crippen molar-refractivity contribution in [3.8, 4) is 0 Å². The summed E-state index contributed by atoms with van der Waals surface area (Å²) in [6, 6.07) is -0.706. The predicted octanol–water partition coefficient (Wildman–Crippen LogP) is 15.9. The van der Waals surface area contributed by atoms with Gasteiger partial charge in [0.2, 0.25) is 5.91 Å². The van der Waals surface area contributed by atoms with Crippen molar-refractivity contribution in [1.82, 2.24) is 5.32 Å². The minimum Gasteiger partial charge on any atom is -0.462 e. The van der Waals surface area contributed by atoms with Crippen LogP contribution in [0.4, 0.5) is 0 Å². The maximum absolute atomic E-state index is 13.2. The van der Waals surface area contributed by atoms with Crippen molar-refractivity contribution in [3.63, 3.8) is 0 Å². The molecule has 0 aliphatic carbocycles. The summed E-state index contributed by atoms with van der Waals surface area (Å²) in [7, 11) is 0. The summed E-state index contributed by atoms with van der Waals surface area (Å²) in [5.74, 6) is -0.539. The molecule has 0 spiro atoms. The summed E-state index contributed by atoms with van der Waals surface area (Å²) < 4.78 is 5.90. The maximum atomic E-state index is 13.2. The molecular weight excluding hydrogens is 743 g/mol. The minimum absolute atomic E-state index is 0.0611. The molecule has 0 aromatic heterocycles. The highest BCUT2D eigenvalue weighted by atomic mass is 16.5. The molecule has 3 N–H and O–H groups in total. The van der Waals surface area contributed by atoms with Crippen molar-refractivity contribution in [2.24, 2.45) is 0 Å². The molecule has 0 bridgehead atoms. The van der Waals surface area contributed by atoms with E-state index in [1.54, 1.807) is 0 Å². The standard InChI is InChI=1S/C54H103NO5/c1-4-7-10-13-16-19-22-25-26-27-29-30-33-36-39-42-45-50(60-54(59)47-44-41-38-35-32-28-23-20-17-14-11-8-5-2)48-53(58)55-51(49-56)52(57)46-43-40-37-34-31-24-21-18-15-12-9-6-3/h28,32,38,41,50-52,56-57H,4-27,29-31,33-37,39-40,42-49H2,1-3H3,(H,55,58)/b32-28-,41-38+. The van der Waals surface area contributed by atoms with E-state index >= 15 is 0 Å². The Morgan fingerprint density at radius 3 is 1.27 bits per heavy atom. The zero-order chi connectivity index (χ0) is 43.8. The van der Waals surface area contributed by atoms with E-state index < -0.39 is 18.2 Å². The first-order valence-corrected chi connectivity index (χ1v) is 26.6. The first kappa shape index (κ1) is 58.3. The van der Waals surface area contributed by atoms with Crippen LogP contribution in [0.5, 0.6) is 0 Å². The van der Waals surface area contributed by atoms with Crippen LogP contribution in [0.15, 0.2) is 24.3 Å². The number of aliphatic hydroxyl groups is 2. The van der Waals surface area contributed by atoms with Crippen LogP contribution >= 0.6 is 0 Å². The fourth-order valence-electron chi connectivity index (χ4n) is 8.25. The molecule has 0 saturated heterocycles. The smallest absolute Gasteiger partial charge is 0.306 e. The van der Waals surface area contributed by atoms with E-state index in [4.69, 9.17) is 4.74 Å². The van der Waals surface area contributed by atoms with Gasteiger partial charge in [0.25, 0.3) is 0 Å². The first-order valence-electron chi connectivity index (χ1n) is 26.6. The summed E-state index contributed by atoms with van der Waals surface area (Å²) >= 11 is 0. The third kappa shape index (κ3) is 43.0. The van der Waals surface area contributed by atoms with Crippen molar-refractivity contribution < 1.29 is 24.5 Å². The van der Waals surface area contributed by atoms with E-state index in [9.17, 15) is 19.8 Å². The maximum Gasteiger partial charge on any atom is 0.306 e. The molecule has 0 aromatic rings. The number of nitrogens with one attached hydrogen (secondary N) is 1. The molecule has 0 radical (unpaired) electrons. The molecule has 0 saturated carbocycles. The number of amides is 1. The number of carbonyl (C=O) groups is 2. The molecule has 0 rings (SSSR count). The van der Waals surface area contributed by atoms with Crippen molar-refractivity contribution in [1.29, 1.82) is 0 Å². The number of hydrogen-bond acceptors (Lipinski definition) is 5. The van der Waals surface area contributed by atoms with Crippen LogP contribution in [-0.4, -0.2) is 46.9 Å².